The van der Waals surface area contributed by atoms with Gasteiger partial charge in [0.15, 0.2) is 0 Å². The van der Waals surface area contributed by atoms with Crippen LogP contribution in [0, 0.1) is 0 Å². The zero-order chi connectivity index (χ0) is 12.3. The minimum absolute atomic E-state index is 0.461. The molecular weight excluding hydrogens is 228 g/mol. The largest absolute Gasteiger partial charge is 0.495 e. The second-order valence-electron chi connectivity index (χ2n) is 3.97. The minimum Gasteiger partial charge on any atom is -0.495 e. The molecule has 0 spiro atoms. The maximum absolute atomic E-state index is 10.0. The van der Waals surface area contributed by atoms with Gasteiger partial charge in [-0.25, -0.2) is 0 Å². The molecule has 0 aliphatic carbocycles. The smallest absolute Gasteiger partial charge is 0.141 e. The Morgan fingerprint density at radius 3 is 2.38 bits per heavy atom. The van der Waals surface area contributed by atoms with Gasteiger partial charge in [-0.1, -0.05) is 11.6 Å². The van der Waals surface area contributed by atoms with Crippen molar-refractivity contribution in [1.82, 2.24) is 0 Å². The Balaban J connectivity index is 3.30. The van der Waals surface area contributed by atoms with E-state index in [2.05, 4.69) is 0 Å². The molecule has 0 radical (unpaired) electrons. The summed E-state index contributed by atoms with van der Waals surface area (Å²) in [6.45, 7) is 5.78. The number of rotatable bonds is 4. The van der Waals surface area contributed by atoms with Crippen molar-refractivity contribution in [3.63, 3.8) is 0 Å². The summed E-state index contributed by atoms with van der Waals surface area (Å²) >= 11 is 6.02. The topological polar surface area (TPSA) is 38.7 Å². The van der Waals surface area contributed by atoms with Crippen LogP contribution in [0.1, 0.15) is 26.3 Å². The first-order valence-electron chi connectivity index (χ1n) is 5.13. The fraction of sp³-hybridized carbons (Fsp3) is 0.500. The summed E-state index contributed by atoms with van der Waals surface area (Å²) in [6, 6.07) is 3.37. The van der Waals surface area contributed by atoms with E-state index in [-0.39, 0.29) is 0 Å². The highest BCUT2D eigenvalue weighted by molar-refractivity contribution is 6.32. The van der Waals surface area contributed by atoms with E-state index in [1.54, 1.807) is 33.1 Å². The number of methoxy groups -OCH3 is 1. The van der Waals surface area contributed by atoms with Gasteiger partial charge in [-0.3, -0.25) is 0 Å². The number of hydrogen-bond acceptors (Lipinski definition) is 3. The molecule has 1 aromatic rings. The zero-order valence-corrected chi connectivity index (χ0v) is 10.8. The number of benzene rings is 1. The first-order valence-corrected chi connectivity index (χ1v) is 5.51. The standard InChI is InChI=1S/C12H17ClO3/c1-5-16-10-7-11(15-4)9(13)6-8(10)12(2,3)14/h6-7,14H,5H2,1-4H3. The van der Waals surface area contributed by atoms with E-state index in [0.717, 1.165) is 0 Å². The lowest BCUT2D eigenvalue weighted by Gasteiger charge is -2.22. The van der Waals surface area contributed by atoms with Crippen LogP contribution in [0.25, 0.3) is 0 Å². The Morgan fingerprint density at radius 1 is 1.31 bits per heavy atom. The van der Waals surface area contributed by atoms with Crippen molar-refractivity contribution < 1.29 is 14.6 Å². The summed E-state index contributed by atoms with van der Waals surface area (Å²) < 4.78 is 10.6. The van der Waals surface area contributed by atoms with Gasteiger partial charge >= 0.3 is 0 Å². The quantitative estimate of drug-likeness (QED) is 0.885. The molecule has 3 nitrogen and oxygen atoms in total. The fourth-order valence-corrected chi connectivity index (χ4v) is 1.69. The fourth-order valence-electron chi connectivity index (χ4n) is 1.44. The second kappa shape index (κ2) is 4.93. The highest BCUT2D eigenvalue weighted by atomic mass is 35.5. The van der Waals surface area contributed by atoms with E-state index in [4.69, 9.17) is 21.1 Å². The van der Waals surface area contributed by atoms with E-state index >= 15 is 0 Å². The molecule has 0 saturated carbocycles. The Bertz CT molecular complexity index is 369. The molecule has 0 aliphatic rings. The molecule has 0 aromatic heterocycles. The first kappa shape index (κ1) is 13.1. The Labute approximate surface area is 101 Å². The van der Waals surface area contributed by atoms with Gasteiger partial charge in [-0.2, -0.15) is 0 Å². The lowest BCUT2D eigenvalue weighted by molar-refractivity contribution is 0.0749. The summed E-state index contributed by atoms with van der Waals surface area (Å²) in [6.07, 6.45) is 0. The molecule has 0 aliphatic heterocycles. The SMILES string of the molecule is CCOc1cc(OC)c(Cl)cc1C(C)(C)O. The Kier molecular flexibility index (Phi) is 4.05. The molecule has 90 valence electrons. The summed E-state index contributed by atoms with van der Waals surface area (Å²) in [5.41, 5.74) is -0.347. The van der Waals surface area contributed by atoms with Crippen LogP contribution in [-0.2, 0) is 5.60 Å². The van der Waals surface area contributed by atoms with Gasteiger partial charge < -0.3 is 14.6 Å². The van der Waals surface area contributed by atoms with Crippen LogP contribution < -0.4 is 9.47 Å². The van der Waals surface area contributed by atoms with E-state index < -0.39 is 5.60 Å². The second-order valence-corrected chi connectivity index (χ2v) is 4.38. The number of halogens is 1. The van der Waals surface area contributed by atoms with Crippen LogP contribution in [0.3, 0.4) is 0 Å². The zero-order valence-electron chi connectivity index (χ0n) is 10.0. The molecule has 4 heteroatoms. The third-order valence-corrected chi connectivity index (χ3v) is 2.51. The maximum atomic E-state index is 10.0. The predicted molar refractivity (Wildman–Crippen MR) is 64.4 cm³/mol. The van der Waals surface area contributed by atoms with Crippen LogP contribution in [0.4, 0.5) is 0 Å². The monoisotopic (exact) mass is 244 g/mol. The van der Waals surface area contributed by atoms with Crippen molar-refractivity contribution in [3.8, 4) is 11.5 Å². The number of ether oxygens (including phenoxy) is 2. The van der Waals surface area contributed by atoms with Gasteiger partial charge in [0.2, 0.25) is 0 Å². The summed E-state index contributed by atoms with van der Waals surface area (Å²) in [5.74, 6) is 1.13. The first-order chi connectivity index (χ1) is 7.40. The highest BCUT2D eigenvalue weighted by Crippen LogP contribution is 2.37. The molecule has 0 atom stereocenters. The summed E-state index contributed by atoms with van der Waals surface area (Å²) in [5, 5.41) is 10.5. The normalized spacial score (nSPS) is 11.4. The van der Waals surface area contributed by atoms with Gasteiger partial charge in [-0.05, 0) is 26.8 Å². The van der Waals surface area contributed by atoms with Crippen molar-refractivity contribution in [2.45, 2.75) is 26.4 Å². The molecular formula is C12H17ClO3. The molecule has 0 saturated heterocycles. The van der Waals surface area contributed by atoms with Gasteiger partial charge in [-0.15, -0.1) is 0 Å². The third kappa shape index (κ3) is 2.80. The summed E-state index contributed by atoms with van der Waals surface area (Å²) in [7, 11) is 1.54. The van der Waals surface area contributed by atoms with Crippen LogP contribution >= 0.6 is 11.6 Å². The molecule has 1 aromatic carbocycles. The molecule has 16 heavy (non-hydrogen) atoms. The minimum atomic E-state index is -1.000. The molecule has 0 fully saturated rings. The van der Waals surface area contributed by atoms with Crippen molar-refractivity contribution in [2.24, 2.45) is 0 Å². The van der Waals surface area contributed by atoms with Gasteiger partial charge in [0.05, 0.1) is 24.3 Å². The summed E-state index contributed by atoms with van der Waals surface area (Å²) in [4.78, 5) is 0. The van der Waals surface area contributed by atoms with Gasteiger partial charge in [0.1, 0.15) is 11.5 Å². The lowest BCUT2D eigenvalue weighted by Crippen LogP contribution is -2.17. The average molecular weight is 245 g/mol. The molecule has 1 N–H and O–H groups in total. The average Bonchev–Trinajstić information content (AvgIpc) is 2.19. The predicted octanol–water partition coefficient (Wildman–Crippen LogP) is 2.97. The third-order valence-electron chi connectivity index (χ3n) is 2.21. The molecule has 0 unspecified atom stereocenters. The van der Waals surface area contributed by atoms with E-state index in [1.807, 2.05) is 6.92 Å². The van der Waals surface area contributed by atoms with E-state index in [1.165, 1.54) is 0 Å². The molecule has 0 amide bonds. The maximum Gasteiger partial charge on any atom is 0.141 e. The Hall–Kier alpha value is -0.930. The lowest BCUT2D eigenvalue weighted by atomic mass is 9.97. The molecule has 1 rings (SSSR count). The highest BCUT2D eigenvalue weighted by Gasteiger charge is 2.23. The van der Waals surface area contributed by atoms with Gasteiger partial charge in [0, 0.05) is 11.6 Å². The van der Waals surface area contributed by atoms with Crippen LogP contribution in [-0.4, -0.2) is 18.8 Å². The van der Waals surface area contributed by atoms with Crippen molar-refractivity contribution in [3.05, 3.63) is 22.7 Å². The Morgan fingerprint density at radius 2 is 1.94 bits per heavy atom. The van der Waals surface area contributed by atoms with Gasteiger partial charge in [0.25, 0.3) is 0 Å². The van der Waals surface area contributed by atoms with Crippen LogP contribution in [0.5, 0.6) is 11.5 Å². The van der Waals surface area contributed by atoms with Crippen molar-refractivity contribution in [2.75, 3.05) is 13.7 Å². The van der Waals surface area contributed by atoms with Crippen molar-refractivity contribution >= 4 is 11.6 Å². The number of hydrogen-bond donors (Lipinski definition) is 1. The molecule has 0 heterocycles. The number of aliphatic hydroxyl groups is 1. The van der Waals surface area contributed by atoms with E-state index in [0.29, 0.717) is 28.7 Å². The van der Waals surface area contributed by atoms with Crippen LogP contribution in [0.15, 0.2) is 12.1 Å². The molecule has 0 bridgehead atoms. The van der Waals surface area contributed by atoms with Crippen LogP contribution in [0.2, 0.25) is 5.02 Å². The van der Waals surface area contributed by atoms with Crippen molar-refractivity contribution in [1.29, 1.82) is 0 Å². The van der Waals surface area contributed by atoms with E-state index in [9.17, 15) is 5.11 Å².